The molecule has 0 aliphatic heterocycles. The Morgan fingerprint density at radius 3 is 2.07 bits per heavy atom. The standard InChI is InChI=1S/C42H32O2/c1-3-11-27(12-4-1)29-15-7-17-31(25-29)33-19-9-21-35-37-23-24-38-36-22-10-20-34(40(36)44-42(38)41(37)43-39(33)35)32-18-8-16-30(26-32)28-13-5-2-6-14-28/h1-5,7-11,13,15,17-27,30H,6,12,14,16H2. The topological polar surface area (TPSA) is 26.3 Å². The number of hydrogen-bond acceptors (Lipinski definition) is 2. The Morgan fingerprint density at radius 2 is 1.32 bits per heavy atom. The zero-order chi connectivity index (χ0) is 29.0. The van der Waals surface area contributed by atoms with Gasteiger partial charge >= 0.3 is 0 Å². The third-order valence-electron chi connectivity index (χ3n) is 9.64. The van der Waals surface area contributed by atoms with Crippen LogP contribution < -0.4 is 0 Å². The molecule has 3 aliphatic rings. The molecule has 9 rings (SSSR count). The molecule has 0 saturated heterocycles. The van der Waals surface area contributed by atoms with Gasteiger partial charge in [0, 0.05) is 44.5 Å². The second kappa shape index (κ2) is 10.3. The zero-order valence-corrected chi connectivity index (χ0v) is 24.5. The molecular formula is C42H32O2. The summed E-state index contributed by atoms with van der Waals surface area (Å²) >= 11 is 0. The van der Waals surface area contributed by atoms with Gasteiger partial charge in [-0.2, -0.15) is 0 Å². The van der Waals surface area contributed by atoms with E-state index in [4.69, 9.17) is 8.83 Å². The normalized spacial score (nSPS) is 19.8. The molecule has 2 nitrogen and oxygen atoms in total. The minimum Gasteiger partial charge on any atom is -0.451 e. The van der Waals surface area contributed by atoms with Gasteiger partial charge < -0.3 is 8.83 Å². The lowest BCUT2D eigenvalue weighted by atomic mass is 9.84. The SMILES string of the molecule is C1=CCCC(C2C=C(c3cccc4c3oc3c4ccc4c5cccc(-c6cccc(C7C=CC=CC7)c6)c5oc43)C=CC2)=C1. The summed E-state index contributed by atoms with van der Waals surface area (Å²) in [5.41, 5.74) is 11.0. The lowest BCUT2D eigenvalue weighted by molar-refractivity contribution is 0.633. The Hall–Kier alpha value is -5.08. The highest BCUT2D eigenvalue weighted by atomic mass is 16.4. The van der Waals surface area contributed by atoms with Crippen molar-refractivity contribution in [3.05, 3.63) is 150 Å². The van der Waals surface area contributed by atoms with Crippen LogP contribution in [0.15, 0.2) is 148 Å². The molecule has 0 amide bonds. The molecule has 0 N–H and O–H groups in total. The molecule has 0 saturated carbocycles. The molecule has 2 heteroatoms. The summed E-state index contributed by atoms with van der Waals surface area (Å²) < 4.78 is 13.6. The average Bonchev–Trinajstić information content (AvgIpc) is 3.68. The Kier molecular flexibility index (Phi) is 5.94. The maximum absolute atomic E-state index is 6.80. The molecule has 2 aromatic heterocycles. The van der Waals surface area contributed by atoms with Crippen LogP contribution in [0.1, 0.15) is 42.7 Å². The third kappa shape index (κ3) is 4.09. The summed E-state index contributed by atoms with van der Waals surface area (Å²) in [7, 11) is 0. The molecule has 44 heavy (non-hydrogen) atoms. The van der Waals surface area contributed by atoms with Gasteiger partial charge in [0.05, 0.1) is 0 Å². The highest BCUT2D eigenvalue weighted by Gasteiger charge is 2.22. The van der Waals surface area contributed by atoms with Gasteiger partial charge in [-0.3, -0.25) is 0 Å². The zero-order valence-electron chi connectivity index (χ0n) is 24.5. The minimum atomic E-state index is 0.403. The first kappa shape index (κ1) is 25.4. The molecule has 0 fully saturated rings. The van der Waals surface area contributed by atoms with Crippen LogP contribution in [0.5, 0.6) is 0 Å². The van der Waals surface area contributed by atoms with Crippen LogP contribution in [-0.4, -0.2) is 0 Å². The summed E-state index contributed by atoms with van der Waals surface area (Å²) in [5, 5.41) is 4.41. The number of furan rings is 2. The molecule has 2 heterocycles. The van der Waals surface area contributed by atoms with Gasteiger partial charge in [-0.25, -0.2) is 0 Å². The van der Waals surface area contributed by atoms with Crippen molar-refractivity contribution in [2.24, 2.45) is 5.92 Å². The van der Waals surface area contributed by atoms with Gasteiger partial charge in [0.15, 0.2) is 11.2 Å². The Balaban J connectivity index is 1.19. The van der Waals surface area contributed by atoms with Crippen molar-refractivity contribution in [2.45, 2.75) is 31.6 Å². The Morgan fingerprint density at radius 1 is 0.591 bits per heavy atom. The first-order valence-corrected chi connectivity index (χ1v) is 15.8. The van der Waals surface area contributed by atoms with Crippen LogP contribution in [-0.2, 0) is 0 Å². The second-order valence-corrected chi connectivity index (χ2v) is 12.2. The Labute approximate surface area is 256 Å². The van der Waals surface area contributed by atoms with Gasteiger partial charge in [0.1, 0.15) is 11.2 Å². The van der Waals surface area contributed by atoms with Crippen molar-refractivity contribution in [3.8, 4) is 11.1 Å². The average molecular weight is 569 g/mol. The van der Waals surface area contributed by atoms with E-state index in [0.29, 0.717) is 11.8 Å². The summed E-state index contributed by atoms with van der Waals surface area (Å²) in [6, 6.07) is 26.3. The van der Waals surface area contributed by atoms with Gasteiger partial charge in [-0.1, -0.05) is 127 Å². The Bertz CT molecular complexity index is 2290. The second-order valence-electron chi connectivity index (χ2n) is 12.2. The van der Waals surface area contributed by atoms with Crippen LogP contribution in [0.3, 0.4) is 0 Å². The summed E-state index contributed by atoms with van der Waals surface area (Å²) in [6.07, 6.45) is 26.9. The molecule has 2 unspecified atom stereocenters. The van der Waals surface area contributed by atoms with E-state index >= 15 is 0 Å². The molecule has 0 radical (unpaired) electrons. The quantitative estimate of drug-likeness (QED) is 0.211. The number of benzene rings is 4. The van der Waals surface area contributed by atoms with Crippen molar-refractivity contribution >= 4 is 49.5 Å². The van der Waals surface area contributed by atoms with E-state index in [9.17, 15) is 0 Å². The monoisotopic (exact) mass is 568 g/mol. The predicted molar refractivity (Wildman–Crippen MR) is 184 cm³/mol. The van der Waals surface area contributed by atoms with E-state index in [0.717, 1.165) is 80.7 Å². The van der Waals surface area contributed by atoms with E-state index in [1.54, 1.807) is 0 Å². The van der Waals surface area contributed by atoms with Crippen LogP contribution >= 0.6 is 0 Å². The highest BCUT2D eigenvalue weighted by Crippen LogP contribution is 2.44. The predicted octanol–water partition coefficient (Wildman–Crippen LogP) is 12.0. The molecule has 3 aliphatic carbocycles. The fraction of sp³-hybridized carbons (Fsp3) is 0.143. The van der Waals surface area contributed by atoms with Gasteiger partial charge in [-0.05, 0) is 54.5 Å². The molecule has 0 bridgehead atoms. The first-order chi connectivity index (χ1) is 21.8. The van der Waals surface area contributed by atoms with Gasteiger partial charge in [0.2, 0.25) is 0 Å². The highest BCUT2D eigenvalue weighted by molar-refractivity contribution is 6.21. The number of allylic oxidation sites excluding steroid dienone is 12. The third-order valence-corrected chi connectivity index (χ3v) is 9.64. The smallest absolute Gasteiger partial charge is 0.178 e. The van der Waals surface area contributed by atoms with Crippen molar-refractivity contribution in [2.75, 3.05) is 0 Å². The van der Waals surface area contributed by atoms with E-state index in [-0.39, 0.29) is 0 Å². The molecular weight excluding hydrogens is 536 g/mol. The fourth-order valence-corrected chi connectivity index (χ4v) is 7.38. The first-order valence-electron chi connectivity index (χ1n) is 15.8. The number of fused-ring (bicyclic) bond motifs is 7. The summed E-state index contributed by atoms with van der Waals surface area (Å²) in [4.78, 5) is 0. The largest absolute Gasteiger partial charge is 0.451 e. The summed E-state index contributed by atoms with van der Waals surface area (Å²) in [5.74, 6) is 0.837. The lowest BCUT2D eigenvalue weighted by Crippen LogP contribution is -2.05. The van der Waals surface area contributed by atoms with E-state index in [2.05, 4.69) is 134 Å². The van der Waals surface area contributed by atoms with Gasteiger partial charge in [0.25, 0.3) is 0 Å². The molecule has 212 valence electrons. The van der Waals surface area contributed by atoms with Crippen molar-refractivity contribution < 1.29 is 8.83 Å². The summed E-state index contributed by atoms with van der Waals surface area (Å²) in [6.45, 7) is 0. The van der Waals surface area contributed by atoms with Gasteiger partial charge in [-0.15, -0.1) is 0 Å². The fourth-order valence-electron chi connectivity index (χ4n) is 7.38. The van der Waals surface area contributed by atoms with Crippen molar-refractivity contribution in [1.29, 1.82) is 0 Å². The maximum Gasteiger partial charge on any atom is 0.178 e. The molecule has 4 aromatic carbocycles. The molecule has 0 spiro atoms. The maximum atomic E-state index is 6.80. The molecule has 2 atom stereocenters. The lowest BCUT2D eigenvalue weighted by Gasteiger charge is -2.21. The van der Waals surface area contributed by atoms with Crippen molar-refractivity contribution in [3.63, 3.8) is 0 Å². The van der Waals surface area contributed by atoms with Crippen molar-refractivity contribution in [1.82, 2.24) is 0 Å². The van der Waals surface area contributed by atoms with E-state index < -0.39 is 0 Å². The number of para-hydroxylation sites is 2. The minimum absolute atomic E-state index is 0.403. The van der Waals surface area contributed by atoms with Crippen LogP contribution in [0.25, 0.3) is 60.6 Å². The van der Waals surface area contributed by atoms with Crippen LogP contribution in [0.2, 0.25) is 0 Å². The van der Waals surface area contributed by atoms with E-state index in [1.165, 1.54) is 22.3 Å². The van der Waals surface area contributed by atoms with Crippen LogP contribution in [0, 0.1) is 5.92 Å². The van der Waals surface area contributed by atoms with Crippen LogP contribution in [0.4, 0.5) is 0 Å². The number of hydrogen-bond donors (Lipinski definition) is 0. The van der Waals surface area contributed by atoms with E-state index in [1.807, 2.05) is 0 Å². The number of rotatable bonds is 4. The molecule has 6 aromatic rings.